The van der Waals surface area contributed by atoms with Gasteiger partial charge in [0.25, 0.3) is 0 Å². The highest BCUT2D eigenvalue weighted by Crippen LogP contribution is 2.26. The lowest BCUT2D eigenvalue weighted by atomic mass is 10.1. The van der Waals surface area contributed by atoms with Crippen molar-refractivity contribution in [1.82, 2.24) is 15.1 Å². The maximum absolute atomic E-state index is 12.6. The van der Waals surface area contributed by atoms with Crippen molar-refractivity contribution in [3.05, 3.63) is 33.8 Å². The number of amides is 2. The van der Waals surface area contributed by atoms with Gasteiger partial charge in [0.2, 0.25) is 11.8 Å². The minimum absolute atomic E-state index is 0.00671. The molecule has 0 spiro atoms. The Morgan fingerprint density at radius 2 is 1.65 bits per heavy atom. The third kappa shape index (κ3) is 5.12. The minimum Gasteiger partial charge on any atom is -0.348 e. The summed E-state index contributed by atoms with van der Waals surface area (Å²) in [5, 5.41) is 4.13. The predicted octanol–water partition coefficient (Wildman–Crippen LogP) is 3.36. The molecule has 7 heteroatoms. The van der Waals surface area contributed by atoms with Gasteiger partial charge in [-0.25, -0.2) is 0 Å². The predicted molar refractivity (Wildman–Crippen MR) is 105 cm³/mol. The Morgan fingerprint density at radius 3 is 2.19 bits per heavy atom. The van der Waals surface area contributed by atoms with Crippen LogP contribution in [0.1, 0.15) is 39.3 Å². The number of nitrogens with zero attached hydrogens (tertiary/aromatic N) is 2. The zero-order valence-corrected chi connectivity index (χ0v) is 17.3. The fraction of sp³-hybridized carbons (Fsp3) is 0.579. The number of carbonyl (C=O) groups excluding carboxylic acids is 2. The number of carbonyl (C=O) groups is 2. The van der Waals surface area contributed by atoms with Crippen molar-refractivity contribution in [3.63, 3.8) is 0 Å². The molecule has 2 unspecified atom stereocenters. The van der Waals surface area contributed by atoms with Crippen molar-refractivity contribution in [2.75, 3.05) is 26.2 Å². The summed E-state index contributed by atoms with van der Waals surface area (Å²) in [5.41, 5.74) is 0.837. The van der Waals surface area contributed by atoms with E-state index in [1.54, 1.807) is 12.1 Å². The van der Waals surface area contributed by atoms with Crippen molar-refractivity contribution < 1.29 is 9.59 Å². The molecule has 2 atom stereocenters. The highest BCUT2D eigenvalue weighted by Gasteiger charge is 2.29. The number of rotatable bonds is 5. The summed E-state index contributed by atoms with van der Waals surface area (Å²) in [7, 11) is 0. The van der Waals surface area contributed by atoms with Crippen LogP contribution in [0.3, 0.4) is 0 Å². The van der Waals surface area contributed by atoms with Gasteiger partial charge in [-0.2, -0.15) is 0 Å². The van der Waals surface area contributed by atoms with E-state index in [4.69, 9.17) is 23.2 Å². The maximum atomic E-state index is 12.6. The van der Waals surface area contributed by atoms with Crippen LogP contribution < -0.4 is 5.32 Å². The summed E-state index contributed by atoms with van der Waals surface area (Å²) >= 11 is 12.2. The van der Waals surface area contributed by atoms with E-state index in [1.807, 2.05) is 38.7 Å². The second kappa shape index (κ2) is 9.07. The molecule has 0 bridgehead atoms. The molecule has 1 aromatic rings. The van der Waals surface area contributed by atoms with Gasteiger partial charge in [-0.3, -0.25) is 14.5 Å². The van der Waals surface area contributed by atoms with Gasteiger partial charge in [-0.05, 0) is 31.5 Å². The first-order chi connectivity index (χ1) is 12.2. The summed E-state index contributed by atoms with van der Waals surface area (Å²) in [4.78, 5) is 28.7. The average molecular weight is 400 g/mol. The second-order valence-electron chi connectivity index (χ2n) is 7.09. The van der Waals surface area contributed by atoms with Gasteiger partial charge in [0.1, 0.15) is 0 Å². The molecular formula is C19H27Cl2N3O2. The first kappa shape index (κ1) is 21.0. The summed E-state index contributed by atoms with van der Waals surface area (Å²) in [6.45, 7) is 10.3. The first-order valence-electron chi connectivity index (χ1n) is 8.99. The van der Waals surface area contributed by atoms with E-state index < -0.39 is 0 Å². The van der Waals surface area contributed by atoms with E-state index >= 15 is 0 Å². The van der Waals surface area contributed by atoms with Crippen molar-refractivity contribution in [1.29, 1.82) is 0 Å². The van der Waals surface area contributed by atoms with E-state index in [0.29, 0.717) is 36.2 Å². The third-order valence-corrected chi connectivity index (χ3v) is 5.40. The molecule has 0 radical (unpaired) electrons. The SMILES string of the molecule is CC(C)C(=O)N1CCN(C(C)C(=O)NC(C)c2ccc(Cl)cc2Cl)CC1. The van der Waals surface area contributed by atoms with Crippen molar-refractivity contribution in [2.45, 2.75) is 39.8 Å². The maximum Gasteiger partial charge on any atom is 0.237 e. The molecular weight excluding hydrogens is 373 g/mol. The molecule has 1 fully saturated rings. The Morgan fingerprint density at radius 1 is 1.04 bits per heavy atom. The van der Waals surface area contributed by atoms with E-state index in [0.717, 1.165) is 5.56 Å². The van der Waals surface area contributed by atoms with Crippen LogP contribution >= 0.6 is 23.2 Å². The molecule has 1 aliphatic heterocycles. The fourth-order valence-corrected chi connectivity index (χ4v) is 3.70. The van der Waals surface area contributed by atoms with Crippen LogP contribution in [0.25, 0.3) is 0 Å². The number of benzene rings is 1. The monoisotopic (exact) mass is 399 g/mol. The van der Waals surface area contributed by atoms with Crippen molar-refractivity contribution in [2.24, 2.45) is 5.92 Å². The minimum atomic E-state index is -0.264. The lowest BCUT2D eigenvalue weighted by Crippen LogP contribution is -2.55. The number of piperazine rings is 1. The lowest BCUT2D eigenvalue weighted by Gasteiger charge is -2.38. The van der Waals surface area contributed by atoms with Gasteiger partial charge in [-0.1, -0.05) is 43.1 Å². The summed E-state index contributed by atoms with van der Waals surface area (Å²) in [5.74, 6) is 0.132. The average Bonchev–Trinajstić information content (AvgIpc) is 2.60. The summed E-state index contributed by atoms with van der Waals surface area (Å²) in [6, 6.07) is 4.80. The molecule has 0 aromatic heterocycles. The van der Waals surface area contributed by atoms with E-state index in [2.05, 4.69) is 10.2 Å². The van der Waals surface area contributed by atoms with Gasteiger partial charge >= 0.3 is 0 Å². The van der Waals surface area contributed by atoms with Gasteiger partial charge in [0.05, 0.1) is 12.1 Å². The molecule has 0 aliphatic carbocycles. The van der Waals surface area contributed by atoms with Crippen molar-refractivity contribution in [3.8, 4) is 0 Å². The number of hydrogen-bond acceptors (Lipinski definition) is 3. The van der Waals surface area contributed by atoms with Crippen LogP contribution in [0.4, 0.5) is 0 Å². The summed E-state index contributed by atoms with van der Waals surface area (Å²) < 4.78 is 0. The van der Waals surface area contributed by atoms with Gasteiger partial charge in [-0.15, -0.1) is 0 Å². The van der Waals surface area contributed by atoms with Gasteiger partial charge in [0, 0.05) is 42.1 Å². The zero-order valence-electron chi connectivity index (χ0n) is 15.8. The molecule has 144 valence electrons. The molecule has 5 nitrogen and oxygen atoms in total. The molecule has 2 amide bonds. The molecule has 2 rings (SSSR count). The number of hydrogen-bond donors (Lipinski definition) is 1. The Balaban J connectivity index is 1.90. The number of nitrogens with one attached hydrogen (secondary N) is 1. The molecule has 1 heterocycles. The Bertz CT molecular complexity index is 658. The van der Waals surface area contributed by atoms with Crippen LogP contribution in [0.2, 0.25) is 10.0 Å². The molecule has 1 aromatic carbocycles. The molecule has 1 aliphatic rings. The van der Waals surface area contributed by atoms with Gasteiger partial charge < -0.3 is 10.2 Å². The summed E-state index contributed by atoms with van der Waals surface area (Å²) in [6.07, 6.45) is 0. The topological polar surface area (TPSA) is 52.7 Å². The third-order valence-electron chi connectivity index (χ3n) is 4.83. The largest absolute Gasteiger partial charge is 0.348 e. The standard InChI is InChI=1S/C19H27Cl2N3O2/c1-12(2)19(26)24-9-7-23(8-10-24)14(4)18(25)22-13(3)16-6-5-15(20)11-17(16)21/h5-6,11-14H,7-10H2,1-4H3,(H,22,25). The fourth-order valence-electron chi connectivity index (χ4n) is 3.12. The van der Waals surface area contributed by atoms with Crippen LogP contribution in [-0.2, 0) is 9.59 Å². The van der Waals surface area contributed by atoms with Crippen LogP contribution in [0.5, 0.6) is 0 Å². The molecule has 1 N–H and O–H groups in total. The molecule has 26 heavy (non-hydrogen) atoms. The Labute approximate surface area is 165 Å². The highest BCUT2D eigenvalue weighted by atomic mass is 35.5. The first-order valence-corrected chi connectivity index (χ1v) is 9.74. The van der Waals surface area contributed by atoms with Crippen LogP contribution in [0.15, 0.2) is 18.2 Å². The Hall–Kier alpha value is -1.30. The van der Waals surface area contributed by atoms with E-state index in [1.165, 1.54) is 0 Å². The highest BCUT2D eigenvalue weighted by molar-refractivity contribution is 6.35. The molecule has 0 saturated carbocycles. The zero-order chi connectivity index (χ0) is 19.4. The second-order valence-corrected chi connectivity index (χ2v) is 7.93. The normalized spacial score (nSPS) is 17.9. The van der Waals surface area contributed by atoms with Crippen LogP contribution in [0, 0.1) is 5.92 Å². The van der Waals surface area contributed by atoms with E-state index in [-0.39, 0.29) is 29.8 Å². The lowest BCUT2D eigenvalue weighted by molar-refractivity contribution is -0.137. The number of halogens is 2. The van der Waals surface area contributed by atoms with Gasteiger partial charge in [0.15, 0.2) is 0 Å². The van der Waals surface area contributed by atoms with Crippen LogP contribution in [-0.4, -0.2) is 53.8 Å². The van der Waals surface area contributed by atoms with Crippen molar-refractivity contribution >= 4 is 35.0 Å². The quantitative estimate of drug-likeness (QED) is 0.825. The Kier molecular flexibility index (Phi) is 7.33. The smallest absolute Gasteiger partial charge is 0.237 e. The molecule has 1 saturated heterocycles. The van der Waals surface area contributed by atoms with E-state index in [9.17, 15) is 9.59 Å².